The average molecular weight is 506 g/mol. The zero-order valence-electron chi connectivity index (χ0n) is 21.1. The molecule has 1 fully saturated rings. The van der Waals surface area contributed by atoms with E-state index in [-0.39, 0.29) is 33.8 Å². The fourth-order valence-corrected chi connectivity index (χ4v) is 4.80. The number of amides is 1. The molecule has 0 saturated carbocycles. The topological polar surface area (TPSA) is 91.4 Å². The SMILES string of the molecule is COc1ccc(S(=O)(=O)Oc2cc(CN(CC3CCCO3)C(=O)CC(C)(C)C)ccc2OC)cc1. The number of carbonyl (C=O) groups is 1. The van der Waals surface area contributed by atoms with Crippen LogP contribution < -0.4 is 13.7 Å². The fraction of sp³-hybridized carbons (Fsp3) is 0.500. The van der Waals surface area contributed by atoms with E-state index in [4.69, 9.17) is 18.4 Å². The van der Waals surface area contributed by atoms with Crippen LogP contribution in [0.5, 0.6) is 17.2 Å². The van der Waals surface area contributed by atoms with Crippen LogP contribution in [0.4, 0.5) is 0 Å². The van der Waals surface area contributed by atoms with E-state index in [0.29, 0.717) is 31.9 Å². The summed E-state index contributed by atoms with van der Waals surface area (Å²) in [4.78, 5) is 14.9. The number of hydrogen-bond donors (Lipinski definition) is 0. The first-order valence-corrected chi connectivity index (χ1v) is 13.1. The van der Waals surface area contributed by atoms with Gasteiger partial charge in [-0.3, -0.25) is 4.79 Å². The molecule has 0 spiro atoms. The van der Waals surface area contributed by atoms with Gasteiger partial charge in [-0.1, -0.05) is 26.8 Å². The zero-order chi connectivity index (χ0) is 25.6. The molecule has 2 aromatic rings. The molecule has 1 aliphatic rings. The highest BCUT2D eigenvalue weighted by Gasteiger charge is 2.27. The molecule has 0 radical (unpaired) electrons. The Morgan fingerprint density at radius 2 is 1.77 bits per heavy atom. The van der Waals surface area contributed by atoms with Crippen molar-refractivity contribution >= 4 is 16.0 Å². The molecule has 1 heterocycles. The van der Waals surface area contributed by atoms with Crippen molar-refractivity contribution in [3.63, 3.8) is 0 Å². The van der Waals surface area contributed by atoms with E-state index in [1.54, 1.807) is 35.2 Å². The average Bonchev–Trinajstić information content (AvgIpc) is 3.31. The molecule has 1 aliphatic heterocycles. The molecule has 9 heteroatoms. The van der Waals surface area contributed by atoms with Crippen molar-refractivity contribution in [2.75, 3.05) is 27.4 Å². The molecule has 1 unspecified atom stereocenters. The summed E-state index contributed by atoms with van der Waals surface area (Å²) in [5.74, 6) is 0.894. The number of ether oxygens (including phenoxy) is 3. The van der Waals surface area contributed by atoms with Crippen molar-refractivity contribution < 1.29 is 31.6 Å². The van der Waals surface area contributed by atoms with Crippen molar-refractivity contribution in [1.82, 2.24) is 4.90 Å². The highest BCUT2D eigenvalue weighted by molar-refractivity contribution is 7.87. The van der Waals surface area contributed by atoms with Crippen molar-refractivity contribution in [3.05, 3.63) is 48.0 Å². The molecule has 0 aliphatic carbocycles. The van der Waals surface area contributed by atoms with E-state index in [9.17, 15) is 13.2 Å². The number of rotatable bonds is 10. The Labute approximate surface area is 208 Å². The smallest absolute Gasteiger partial charge is 0.339 e. The molecule has 192 valence electrons. The van der Waals surface area contributed by atoms with E-state index in [1.807, 2.05) is 20.8 Å². The van der Waals surface area contributed by atoms with Gasteiger partial charge in [0.15, 0.2) is 11.5 Å². The maximum atomic E-state index is 13.1. The minimum absolute atomic E-state index is 0.00309. The Morgan fingerprint density at radius 3 is 2.34 bits per heavy atom. The predicted octanol–water partition coefficient (Wildman–Crippen LogP) is 4.42. The van der Waals surface area contributed by atoms with Crippen molar-refractivity contribution in [2.24, 2.45) is 5.41 Å². The number of benzene rings is 2. The van der Waals surface area contributed by atoms with Crippen molar-refractivity contribution in [1.29, 1.82) is 0 Å². The second-order valence-electron chi connectivity index (χ2n) is 9.84. The van der Waals surface area contributed by atoms with E-state index < -0.39 is 10.1 Å². The molecular weight excluding hydrogens is 470 g/mol. The lowest BCUT2D eigenvalue weighted by Crippen LogP contribution is -2.38. The number of carbonyl (C=O) groups excluding carboxylic acids is 1. The zero-order valence-corrected chi connectivity index (χ0v) is 21.9. The molecule has 0 bridgehead atoms. The third-order valence-electron chi connectivity index (χ3n) is 5.63. The lowest BCUT2D eigenvalue weighted by atomic mass is 9.91. The van der Waals surface area contributed by atoms with Gasteiger partial charge in [0.05, 0.1) is 20.3 Å². The second-order valence-corrected chi connectivity index (χ2v) is 11.4. The first kappa shape index (κ1) is 26.8. The Hall–Kier alpha value is -2.78. The number of hydrogen-bond acceptors (Lipinski definition) is 7. The Bertz CT molecular complexity index is 1100. The van der Waals surface area contributed by atoms with Crippen molar-refractivity contribution in [3.8, 4) is 17.2 Å². The van der Waals surface area contributed by atoms with Gasteiger partial charge < -0.3 is 23.3 Å². The van der Waals surface area contributed by atoms with Crippen LogP contribution in [0, 0.1) is 5.41 Å². The van der Waals surface area contributed by atoms with Crippen LogP contribution >= 0.6 is 0 Å². The van der Waals surface area contributed by atoms with Crippen LogP contribution in [0.15, 0.2) is 47.4 Å². The monoisotopic (exact) mass is 505 g/mol. The maximum absolute atomic E-state index is 13.1. The van der Waals surface area contributed by atoms with Gasteiger partial charge in [0.25, 0.3) is 0 Å². The molecule has 2 aromatic carbocycles. The fourth-order valence-electron chi connectivity index (χ4n) is 3.87. The summed E-state index contributed by atoms with van der Waals surface area (Å²) in [7, 11) is -1.16. The lowest BCUT2D eigenvalue weighted by Gasteiger charge is -2.29. The van der Waals surface area contributed by atoms with Crippen LogP contribution in [0.25, 0.3) is 0 Å². The van der Waals surface area contributed by atoms with Gasteiger partial charge in [-0.05, 0) is 60.2 Å². The standard InChI is InChI=1S/C26H35NO7S/c1-26(2,3)16-25(28)27(18-21-7-6-14-33-21)17-19-8-13-23(32-5)24(15-19)34-35(29,30)22-11-9-20(31-4)10-12-22/h8-13,15,21H,6-7,14,16-18H2,1-5H3. The molecule has 0 aromatic heterocycles. The normalized spacial score (nSPS) is 16.1. The first-order valence-electron chi connectivity index (χ1n) is 11.7. The third-order valence-corrected chi connectivity index (χ3v) is 6.88. The molecular formula is C26H35NO7S. The molecule has 1 atom stereocenters. The van der Waals surface area contributed by atoms with Gasteiger partial charge in [0, 0.05) is 26.1 Å². The quantitative estimate of drug-likeness (QED) is 0.442. The number of nitrogens with zero attached hydrogens (tertiary/aromatic N) is 1. The summed E-state index contributed by atoms with van der Waals surface area (Å²) >= 11 is 0. The summed E-state index contributed by atoms with van der Waals surface area (Å²) in [6.07, 6.45) is 2.29. The molecule has 35 heavy (non-hydrogen) atoms. The number of methoxy groups -OCH3 is 2. The van der Waals surface area contributed by atoms with Gasteiger partial charge in [-0.2, -0.15) is 8.42 Å². The van der Waals surface area contributed by atoms with Gasteiger partial charge in [-0.15, -0.1) is 0 Å². The minimum atomic E-state index is -4.11. The van der Waals surface area contributed by atoms with Crippen LogP contribution in [-0.4, -0.2) is 52.7 Å². The highest BCUT2D eigenvalue weighted by atomic mass is 32.2. The minimum Gasteiger partial charge on any atom is -0.497 e. The van der Waals surface area contributed by atoms with Crippen LogP contribution in [0.2, 0.25) is 0 Å². The molecule has 8 nitrogen and oxygen atoms in total. The Balaban J connectivity index is 1.84. The summed E-state index contributed by atoms with van der Waals surface area (Å²) in [6.45, 7) is 7.57. The van der Waals surface area contributed by atoms with Crippen LogP contribution in [-0.2, 0) is 26.2 Å². The Kier molecular flexibility index (Phi) is 8.66. The summed E-state index contributed by atoms with van der Waals surface area (Å²) < 4.78 is 47.4. The summed E-state index contributed by atoms with van der Waals surface area (Å²) in [5, 5.41) is 0. The first-order chi connectivity index (χ1) is 16.5. The molecule has 1 amide bonds. The van der Waals surface area contributed by atoms with E-state index >= 15 is 0 Å². The lowest BCUT2D eigenvalue weighted by molar-refractivity contribution is -0.135. The van der Waals surface area contributed by atoms with E-state index in [2.05, 4.69) is 0 Å². The molecule has 1 saturated heterocycles. The van der Waals surface area contributed by atoms with Gasteiger partial charge in [0.2, 0.25) is 5.91 Å². The van der Waals surface area contributed by atoms with Crippen LogP contribution in [0.1, 0.15) is 45.6 Å². The van der Waals surface area contributed by atoms with Crippen LogP contribution in [0.3, 0.4) is 0 Å². The second kappa shape index (κ2) is 11.3. The summed E-state index contributed by atoms with van der Waals surface area (Å²) in [6, 6.07) is 11.0. The molecule has 0 N–H and O–H groups in total. The molecule has 3 rings (SSSR count). The maximum Gasteiger partial charge on any atom is 0.339 e. The largest absolute Gasteiger partial charge is 0.497 e. The van der Waals surface area contributed by atoms with Crippen molar-refractivity contribution in [2.45, 2.75) is 57.6 Å². The third kappa shape index (κ3) is 7.60. The van der Waals surface area contributed by atoms with Gasteiger partial charge in [-0.25, -0.2) is 0 Å². The Morgan fingerprint density at radius 1 is 1.06 bits per heavy atom. The van der Waals surface area contributed by atoms with Gasteiger partial charge in [0.1, 0.15) is 10.6 Å². The van der Waals surface area contributed by atoms with E-state index in [0.717, 1.165) is 18.4 Å². The summed E-state index contributed by atoms with van der Waals surface area (Å²) in [5.41, 5.74) is 0.568. The van der Waals surface area contributed by atoms with Gasteiger partial charge >= 0.3 is 10.1 Å². The predicted molar refractivity (Wildman–Crippen MR) is 132 cm³/mol. The van der Waals surface area contributed by atoms with E-state index in [1.165, 1.54) is 26.4 Å². The highest BCUT2D eigenvalue weighted by Crippen LogP contribution is 2.32.